The first-order valence-electron chi connectivity index (χ1n) is 7.71. The molecule has 2 rings (SSSR count). The predicted molar refractivity (Wildman–Crippen MR) is 77.0 cm³/mol. The van der Waals surface area contributed by atoms with Gasteiger partial charge in [0.2, 0.25) is 0 Å². The van der Waals surface area contributed by atoms with Crippen LogP contribution in [0.1, 0.15) is 12.8 Å². The van der Waals surface area contributed by atoms with Crippen LogP contribution in [0.2, 0.25) is 0 Å². The average Bonchev–Trinajstić information content (AvgIpc) is 2.37. The largest absolute Gasteiger partial charge is 0.390 e. The van der Waals surface area contributed by atoms with Crippen molar-refractivity contribution in [2.45, 2.75) is 31.1 Å². The lowest BCUT2D eigenvalue weighted by atomic mass is 9.74. The minimum absolute atomic E-state index is 0.0120. The number of rotatable bonds is 5. The van der Waals surface area contributed by atoms with E-state index in [1.165, 1.54) is 0 Å². The van der Waals surface area contributed by atoms with Gasteiger partial charge in [0.1, 0.15) is 0 Å². The van der Waals surface area contributed by atoms with Gasteiger partial charge in [-0.2, -0.15) is 13.2 Å². The normalized spacial score (nSPS) is 35.7. The zero-order valence-electron chi connectivity index (χ0n) is 12.9. The van der Waals surface area contributed by atoms with Gasteiger partial charge in [0.25, 0.3) is 0 Å². The third-order valence-electron chi connectivity index (χ3n) is 4.93. The standard InChI is InChI=1S/C14H27F3N4/c1-20-6-3-12(19-5-4-14(15,16)17)11(9-20)13-10(7-18)8-21(13)2/h10-13,19H,3-9,18H2,1-2H3. The summed E-state index contributed by atoms with van der Waals surface area (Å²) in [7, 11) is 4.16. The Balaban J connectivity index is 1.93. The van der Waals surface area contributed by atoms with Gasteiger partial charge in [-0.3, -0.25) is 0 Å². The van der Waals surface area contributed by atoms with Crippen LogP contribution in [-0.2, 0) is 0 Å². The molecule has 0 amide bonds. The molecule has 0 bridgehead atoms. The van der Waals surface area contributed by atoms with E-state index in [1.807, 2.05) is 0 Å². The Labute approximate surface area is 124 Å². The highest BCUT2D eigenvalue weighted by atomic mass is 19.4. The van der Waals surface area contributed by atoms with Gasteiger partial charge in [-0.1, -0.05) is 0 Å². The van der Waals surface area contributed by atoms with Crippen molar-refractivity contribution >= 4 is 0 Å². The summed E-state index contributed by atoms with van der Waals surface area (Å²) in [4.78, 5) is 4.56. The number of piperidine rings is 1. The second-order valence-electron chi connectivity index (χ2n) is 6.57. The molecule has 0 aromatic rings. The van der Waals surface area contributed by atoms with Crippen LogP contribution in [-0.4, -0.2) is 74.9 Å². The molecule has 0 radical (unpaired) electrons. The molecule has 2 aliphatic rings. The van der Waals surface area contributed by atoms with Gasteiger partial charge in [-0.15, -0.1) is 0 Å². The van der Waals surface area contributed by atoms with Gasteiger partial charge >= 0.3 is 6.18 Å². The summed E-state index contributed by atoms with van der Waals surface area (Å²) >= 11 is 0. The molecule has 0 aromatic carbocycles. The molecule has 0 saturated carbocycles. The molecular weight excluding hydrogens is 281 g/mol. The van der Waals surface area contributed by atoms with Crippen molar-refractivity contribution < 1.29 is 13.2 Å². The highest BCUT2D eigenvalue weighted by molar-refractivity contribution is 5.01. The Morgan fingerprint density at radius 2 is 1.95 bits per heavy atom. The van der Waals surface area contributed by atoms with Crippen molar-refractivity contribution in [3.63, 3.8) is 0 Å². The lowest BCUT2D eigenvalue weighted by molar-refractivity contribution is -0.134. The second-order valence-corrected chi connectivity index (χ2v) is 6.57. The number of hydrogen-bond acceptors (Lipinski definition) is 4. The van der Waals surface area contributed by atoms with Crippen molar-refractivity contribution in [2.24, 2.45) is 17.6 Å². The van der Waals surface area contributed by atoms with Gasteiger partial charge in [-0.25, -0.2) is 0 Å². The fourth-order valence-electron chi connectivity index (χ4n) is 3.86. The molecule has 4 atom stereocenters. The fourth-order valence-corrected chi connectivity index (χ4v) is 3.86. The van der Waals surface area contributed by atoms with Crippen LogP contribution in [0.3, 0.4) is 0 Å². The van der Waals surface area contributed by atoms with Gasteiger partial charge in [-0.05, 0) is 39.5 Å². The lowest BCUT2D eigenvalue weighted by Crippen LogP contribution is -2.66. The summed E-state index contributed by atoms with van der Waals surface area (Å²) in [6.07, 6.45) is -3.94. The minimum atomic E-state index is -4.08. The van der Waals surface area contributed by atoms with E-state index in [0.29, 0.717) is 24.4 Å². The molecule has 124 valence electrons. The Morgan fingerprint density at radius 1 is 1.24 bits per heavy atom. The van der Waals surface area contributed by atoms with E-state index in [1.54, 1.807) is 0 Å². The number of nitrogens with zero attached hydrogens (tertiary/aromatic N) is 2. The van der Waals surface area contributed by atoms with Crippen molar-refractivity contribution in [2.75, 3.05) is 46.8 Å². The van der Waals surface area contributed by atoms with Crippen LogP contribution >= 0.6 is 0 Å². The molecule has 2 heterocycles. The van der Waals surface area contributed by atoms with E-state index < -0.39 is 12.6 Å². The Bertz CT molecular complexity index is 337. The molecule has 2 fully saturated rings. The maximum absolute atomic E-state index is 12.3. The molecule has 3 N–H and O–H groups in total. The number of hydrogen-bond donors (Lipinski definition) is 2. The quantitative estimate of drug-likeness (QED) is 0.786. The SMILES string of the molecule is CN1CCC(NCCC(F)(F)F)C(C2C(CN)CN2C)C1. The van der Waals surface area contributed by atoms with Crippen LogP contribution in [0.25, 0.3) is 0 Å². The van der Waals surface area contributed by atoms with Crippen LogP contribution in [0.5, 0.6) is 0 Å². The third-order valence-corrected chi connectivity index (χ3v) is 4.93. The zero-order valence-corrected chi connectivity index (χ0v) is 12.9. The Hall–Kier alpha value is -0.370. The molecule has 2 saturated heterocycles. The summed E-state index contributed by atoms with van der Waals surface area (Å²) in [5.41, 5.74) is 5.82. The number of likely N-dealkylation sites (tertiary alicyclic amines) is 2. The Kier molecular flexibility index (Phi) is 5.51. The highest BCUT2D eigenvalue weighted by Gasteiger charge is 2.45. The van der Waals surface area contributed by atoms with E-state index in [2.05, 4.69) is 29.2 Å². The minimum Gasteiger partial charge on any atom is -0.330 e. The van der Waals surface area contributed by atoms with Crippen molar-refractivity contribution in [3.05, 3.63) is 0 Å². The van der Waals surface area contributed by atoms with Crippen LogP contribution < -0.4 is 11.1 Å². The molecular formula is C14H27F3N4. The smallest absolute Gasteiger partial charge is 0.330 e. The van der Waals surface area contributed by atoms with E-state index in [-0.39, 0.29) is 12.6 Å². The Morgan fingerprint density at radius 3 is 2.52 bits per heavy atom. The van der Waals surface area contributed by atoms with E-state index in [4.69, 9.17) is 5.73 Å². The van der Waals surface area contributed by atoms with E-state index in [9.17, 15) is 13.2 Å². The fraction of sp³-hybridized carbons (Fsp3) is 1.00. The second kappa shape index (κ2) is 6.81. The summed E-state index contributed by atoms with van der Waals surface area (Å²) < 4.78 is 36.9. The predicted octanol–water partition coefficient (Wildman–Crippen LogP) is 0.738. The summed E-state index contributed by atoms with van der Waals surface area (Å²) in [5, 5.41) is 3.15. The first kappa shape index (κ1) is 17.0. The molecule has 4 unspecified atom stereocenters. The summed E-state index contributed by atoms with van der Waals surface area (Å²) in [6.45, 7) is 3.53. The lowest BCUT2D eigenvalue weighted by Gasteiger charge is -2.54. The molecule has 21 heavy (non-hydrogen) atoms. The topological polar surface area (TPSA) is 44.5 Å². The molecule has 4 nitrogen and oxygen atoms in total. The first-order valence-corrected chi connectivity index (χ1v) is 7.71. The average molecular weight is 308 g/mol. The van der Waals surface area contributed by atoms with Gasteiger partial charge in [0.05, 0.1) is 6.42 Å². The van der Waals surface area contributed by atoms with Crippen molar-refractivity contribution in [1.29, 1.82) is 0 Å². The van der Waals surface area contributed by atoms with Crippen molar-refractivity contribution in [3.8, 4) is 0 Å². The van der Waals surface area contributed by atoms with E-state index >= 15 is 0 Å². The molecule has 2 aliphatic heterocycles. The van der Waals surface area contributed by atoms with Gasteiger partial charge < -0.3 is 20.9 Å². The number of nitrogens with one attached hydrogen (secondary N) is 1. The number of alkyl halides is 3. The monoisotopic (exact) mass is 308 g/mol. The van der Waals surface area contributed by atoms with E-state index in [0.717, 1.165) is 26.1 Å². The molecule has 7 heteroatoms. The van der Waals surface area contributed by atoms with Crippen LogP contribution in [0, 0.1) is 11.8 Å². The first-order chi connectivity index (χ1) is 9.81. The molecule has 0 spiro atoms. The third kappa shape index (κ3) is 4.31. The molecule has 0 aromatic heterocycles. The van der Waals surface area contributed by atoms with Gasteiger partial charge in [0, 0.05) is 37.6 Å². The summed E-state index contributed by atoms with van der Waals surface area (Å²) in [6, 6.07) is 0.548. The summed E-state index contributed by atoms with van der Waals surface area (Å²) in [5.74, 6) is 0.822. The van der Waals surface area contributed by atoms with Crippen LogP contribution in [0.4, 0.5) is 13.2 Å². The van der Waals surface area contributed by atoms with Gasteiger partial charge in [0.15, 0.2) is 0 Å². The van der Waals surface area contributed by atoms with Crippen molar-refractivity contribution in [1.82, 2.24) is 15.1 Å². The maximum atomic E-state index is 12.3. The molecule has 0 aliphatic carbocycles. The van der Waals surface area contributed by atoms with Crippen LogP contribution in [0.15, 0.2) is 0 Å². The number of halogens is 3. The number of nitrogens with two attached hydrogens (primary N) is 1. The highest BCUT2D eigenvalue weighted by Crippen LogP contribution is 2.34. The zero-order chi connectivity index (χ0) is 15.6. The maximum Gasteiger partial charge on any atom is 0.390 e.